The molecular weight excluding hydrogens is 365 g/mol. The largest absolute Gasteiger partial charge is 0.453 e. The van der Waals surface area contributed by atoms with Crippen molar-refractivity contribution in [3.8, 4) is 0 Å². The van der Waals surface area contributed by atoms with Crippen molar-refractivity contribution in [2.24, 2.45) is 0 Å². The third-order valence-corrected chi connectivity index (χ3v) is 5.11. The van der Waals surface area contributed by atoms with Crippen LogP contribution in [0.25, 0.3) is 15.9 Å². The molecule has 0 aliphatic carbocycles. The summed E-state index contributed by atoms with van der Waals surface area (Å²) in [5.74, 6) is -0.751. The van der Waals surface area contributed by atoms with Gasteiger partial charge in [-0.2, -0.15) is 17.7 Å². The highest BCUT2D eigenvalue weighted by molar-refractivity contribution is 7.18. The molecule has 0 spiro atoms. The van der Waals surface area contributed by atoms with E-state index in [9.17, 15) is 13.2 Å². The lowest BCUT2D eigenvalue weighted by atomic mass is 10.2. The maximum absolute atomic E-state index is 12.9. The van der Waals surface area contributed by atoms with E-state index in [0.29, 0.717) is 16.9 Å². The Morgan fingerprint density at radius 3 is 2.73 bits per heavy atom. The molecule has 0 fully saturated rings. The highest BCUT2D eigenvalue weighted by Gasteiger charge is 2.37. The number of hydrogen-bond acceptors (Lipinski definition) is 6. The standard InChI is InChI=1S/C16H13F3N6S/c1-9(14-21-10-4-2-3-5-11(10)26-14)8-20-12-6-7-13-22-23-15(16(17,18)19)25(13)24-12/h2-7,9H,8H2,1H3,(H,20,24). The Morgan fingerprint density at radius 2 is 1.96 bits per heavy atom. The Hall–Kier alpha value is -2.75. The third-order valence-electron chi connectivity index (χ3n) is 3.84. The van der Waals surface area contributed by atoms with Crippen LogP contribution in [0.1, 0.15) is 23.7 Å². The van der Waals surface area contributed by atoms with Crippen LogP contribution in [-0.2, 0) is 6.18 Å². The number of hydrogen-bond donors (Lipinski definition) is 1. The molecular formula is C16H13F3N6S. The van der Waals surface area contributed by atoms with Gasteiger partial charge in [-0.1, -0.05) is 19.1 Å². The van der Waals surface area contributed by atoms with Gasteiger partial charge in [-0.3, -0.25) is 0 Å². The number of aromatic nitrogens is 5. The summed E-state index contributed by atoms with van der Waals surface area (Å²) in [6.07, 6.45) is -4.61. The highest BCUT2D eigenvalue weighted by atomic mass is 32.1. The van der Waals surface area contributed by atoms with E-state index in [4.69, 9.17) is 0 Å². The first kappa shape index (κ1) is 16.7. The number of nitrogens with one attached hydrogen (secondary N) is 1. The van der Waals surface area contributed by atoms with Gasteiger partial charge in [0.25, 0.3) is 5.82 Å². The maximum atomic E-state index is 12.9. The SMILES string of the molecule is CC(CNc1ccc2nnc(C(F)(F)F)n2n1)c1nc2ccccc2s1. The quantitative estimate of drug-likeness (QED) is 0.582. The van der Waals surface area contributed by atoms with E-state index in [1.54, 1.807) is 17.4 Å². The molecule has 4 rings (SSSR count). The van der Waals surface area contributed by atoms with E-state index in [2.05, 4.69) is 25.6 Å². The zero-order valence-electron chi connectivity index (χ0n) is 13.5. The molecule has 10 heteroatoms. The van der Waals surface area contributed by atoms with E-state index in [1.165, 1.54) is 6.07 Å². The average molecular weight is 378 g/mol. The Morgan fingerprint density at radius 1 is 1.15 bits per heavy atom. The zero-order chi connectivity index (χ0) is 18.3. The Bertz CT molecular complexity index is 1040. The van der Waals surface area contributed by atoms with Gasteiger partial charge >= 0.3 is 6.18 Å². The number of thiazole rings is 1. The van der Waals surface area contributed by atoms with Crippen molar-refractivity contribution in [1.82, 2.24) is 24.8 Å². The van der Waals surface area contributed by atoms with Gasteiger partial charge in [0, 0.05) is 12.5 Å². The molecule has 3 heterocycles. The third kappa shape index (κ3) is 3.07. The second kappa shape index (κ2) is 6.20. The Balaban J connectivity index is 1.53. The number of alkyl halides is 3. The zero-order valence-corrected chi connectivity index (χ0v) is 14.3. The van der Waals surface area contributed by atoms with Crippen LogP contribution < -0.4 is 5.32 Å². The minimum absolute atomic E-state index is 0.0436. The van der Waals surface area contributed by atoms with Gasteiger partial charge in [0.2, 0.25) is 0 Å². The molecule has 1 atom stereocenters. The number of anilines is 1. The molecule has 6 nitrogen and oxygen atoms in total. The van der Waals surface area contributed by atoms with Crippen LogP contribution in [0.2, 0.25) is 0 Å². The first-order chi connectivity index (χ1) is 12.4. The van der Waals surface area contributed by atoms with Crippen LogP contribution >= 0.6 is 11.3 Å². The first-order valence-electron chi connectivity index (χ1n) is 7.81. The van der Waals surface area contributed by atoms with Crippen molar-refractivity contribution < 1.29 is 13.2 Å². The number of nitrogens with zero attached hydrogens (tertiary/aromatic N) is 5. The number of benzene rings is 1. The second-order valence-corrected chi connectivity index (χ2v) is 6.87. The van der Waals surface area contributed by atoms with E-state index in [-0.39, 0.29) is 11.6 Å². The number of halogens is 3. The van der Waals surface area contributed by atoms with E-state index >= 15 is 0 Å². The normalized spacial score (nSPS) is 13.4. The molecule has 0 bridgehead atoms. The van der Waals surface area contributed by atoms with E-state index < -0.39 is 12.0 Å². The van der Waals surface area contributed by atoms with Gasteiger partial charge in [-0.15, -0.1) is 26.6 Å². The Kier molecular flexibility index (Phi) is 3.98. The molecule has 0 aliphatic heterocycles. The lowest BCUT2D eigenvalue weighted by Crippen LogP contribution is -2.15. The average Bonchev–Trinajstić information content (AvgIpc) is 3.22. The van der Waals surface area contributed by atoms with Crippen LogP contribution in [0.5, 0.6) is 0 Å². The molecule has 3 aromatic heterocycles. The monoisotopic (exact) mass is 378 g/mol. The topological polar surface area (TPSA) is 68.0 Å². The maximum Gasteiger partial charge on any atom is 0.453 e. The van der Waals surface area contributed by atoms with Gasteiger partial charge in [-0.25, -0.2) is 4.98 Å². The van der Waals surface area contributed by atoms with Crippen molar-refractivity contribution in [1.29, 1.82) is 0 Å². The lowest BCUT2D eigenvalue weighted by molar-refractivity contribution is -0.146. The number of para-hydroxylation sites is 1. The van der Waals surface area contributed by atoms with Crippen LogP contribution in [0.3, 0.4) is 0 Å². The summed E-state index contributed by atoms with van der Waals surface area (Å²) in [6, 6.07) is 10.9. The van der Waals surface area contributed by atoms with E-state index in [1.807, 2.05) is 31.2 Å². The van der Waals surface area contributed by atoms with Crippen molar-refractivity contribution in [3.63, 3.8) is 0 Å². The predicted octanol–water partition coefficient (Wildman–Crippen LogP) is 3.97. The number of fused-ring (bicyclic) bond motifs is 2. The van der Waals surface area contributed by atoms with Crippen LogP contribution in [-0.4, -0.2) is 31.3 Å². The summed E-state index contributed by atoms with van der Waals surface area (Å²) in [5, 5.41) is 14.6. The molecule has 1 N–H and O–H groups in total. The molecule has 0 saturated heterocycles. The van der Waals surface area contributed by atoms with Gasteiger partial charge in [0.05, 0.1) is 15.2 Å². The number of rotatable bonds is 4. The van der Waals surface area contributed by atoms with Crippen molar-refractivity contribution in [3.05, 3.63) is 47.2 Å². The molecule has 0 saturated carbocycles. The van der Waals surface area contributed by atoms with Crippen molar-refractivity contribution >= 4 is 33.0 Å². The van der Waals surface area contributed by atoms with Crippen molar-refractivity contribution in [2.45, 2.75) is 19.0 Å². The lowest BCUT2D eigenvalue weighted by Gasteiger charge is -2.11. The van der Waals surface area contributed by atoms with Crippen LogP contribution in [0.4, 0.5) is 19.0 Å². The fourth-order valence-corrected chi connectivity index (χ4v) is 3.52. The summed E-state index contributed by atoms with van der Waals surface area (Å²) >= 11 is 1.60. The first-order valence-corrected chi connectivity index (χ1v) is 8.62. The predicted molar refractivity (Wildman–Crippen MR) is 92.3 cm³/mol. The fourth-order valence-electron chi connectivity index (χ4n) is 2.51. The fraction of sp³-hybridized carbons (Fsp3) is 0.250. The van der Waals surface area contributed by atoms with E-state index in [0.717, 1.165) is 15.2 Å². The molecule has 1 aromatic carbocycles. The minimum Gasteiger partial charge on any atom is -0.368 e. The van der Waals surface area contributed by atoms with Crippen LogP contribution in [0.15, 0.2) is 36.4 Å². The Labute approximate surface area is 149 Å². The van der Waals surface area contributed by atoms with Crippen LogP contribution in [0, 0.1) is 0 Å². The highest BCUT2D eigenvalue weighted by Crippen LogP contribution is 2.29. The summed E-state index contributed by atoms with van der Waals surface area (Å²) in [6.45, 7) is 2.49. The minimum atomic E-state index is -4.61. The summed E-state index contributed by atoms with van der Waals surface area (Å²) < 4.78 is 40.6. The molecule has 0 aliphatic rings. The molecule has 0 amide bonds. The van der Waals surface area contributed by atoms with Gasteiger partial charge in [0.15, 0.2) is 5.65 Å². The van der Waals surface area contributed by atoms with Gasteiger partial charge in [0.1, 0.15) is 5.82 Å². The molecule has 26 heavy (non-hydrogen) atoms. The van der Waals surface area contributed by atoms with Gasteiger partial charge in [-0.05, 0) is 24.3 Å². The molecule has 4 aromatic rings. The second-order valence-electron chi connectivity index (χ2n) is 5.81. The molecule has 0 radical (unpaired) electrons. The van der Waals surface area contributed by atoms with Gasteiger partial charge < -0.3 is 5.32 Å². The summed E-state index contributed by atoms with van der Waals surface area (Å²) in [4.78, 5) is 4.60. The summed E-state index contributed by atoms with van der Waals surface area (Å²) in [5.41, 5.74) is 0.986. The molecule has 134 valence electrons. The molecule has 1 unspecified atom stereocenters. The smallest absolute Gasteiger partial charge is 0.368 e. The summed E-state index contributed by atoms with van der Waals surface area (Å²) in [7, 11) is 0. The van der Waals surface area contributed by atoms with Crippen molar-refractivity contribution in [2.75, 3.05) is 11.9 Å².